The number of aryl methyl sites for hydroxylation is 1. The van der Waals surface area contributed by atoms with Crippen molar-refractivity contribution in [3.8, 4) is 0 Å². The lowest BCUT2D eigenvalue weighted by molar-refractivity contribution is 0.593. The molecule has 0 amide bonds. The van der Waals surface area contributed by atoms with Gasteiger partial charge in [-0.1, -0.05) is 0 Å². The fourth-order valence-electron chi connectivity index (χ4n) is 1.60. The minimum absolute atomic E-state index is 0.0963. The van der Waals surface area contributed by atoms with Gasteiger partial charge >= 0.3 is 0 Å². The molecule has 0 aliphatic carbocycles. The molecule has 112 valence electrons. The van der Waals surface area contributed by atoms with Gasteiger partial charge in [0.05, 0.1) is 19.5 Å². The summed E-state index contributed by atoms with van der Waals surface area (Å²) in [7, 11) is -4.00. The number of anilines is 1. The first kappa shape index (κ1) is 16.4. The van der Waals surface area contributed by atoms with E-state index in [1.54, 1.807) is 6.92 Å². The minimum atomic E-state index is -4.00. The van der Waals surface area contributed by atoms with Crippen LogP contribution < -0.4 is 4.72 Å². The van der Waals surface area contributed by atoms with E-state index in [1.807, 2.05) is 0 Å². The first-order valence-corrected chi connectivity index (χ1v) is 8.71. The van der Waals surface area contributed by atoms with Gasteiger partial charge in [-0.25, -0.2) is 17.2 Å². The highest BCUT2D eigenvalue weighted by Crippen LogP contribution is 2.27. The quantitative estimate of drug-likeness (QED) is 0.758. The van der Waals surface area contributed by atoms with Crippen molar-refractivity contribution >= 4 is 47.6 Å². The predicted octanol–water partition coefficient (Wildman–Crippen LogP) is 4.60. The van der Waals surface area contributed by atoms with Crippen molar-refractivity contribution in [3.63, 3.8) is 0 Å². The Hall–Kier alpha value is -0.990. The number of sulfonamides is 1. The van der Waals surface area contributed by atoms with Gasteiger partial charge in [0.15, 0.2) is 0 Å². The van der Waals surface area contributed by atoms with Crippen LogP contribution in [0.2, 0.25) is 0 Å². The SMILES string of the molecule is Cc1cc(Br)c(F)cc1NS(=O)(=O)c1ccc(Br)c(F)c1. The maximum atomic E-state index is 13.5. The Labute approximate surface area is 137 Å². The summed E-state index contributed by atoms with van der Waals surface area (Å²) in [6.45, 7) is 1.63. The number of benzene rings is 2. The normalized spacial score (nSPS) is 11.5. The molecular weight excluding hydrogens is 432 g/mol. The third kappa shape index (κ3) is 3.61. The molecule has 0 radical (unpaired) electrons. The molecule has 2 rings (SSSR count). The van der Waals surface area contributed by atoms with E-state index in [0.29, 0.717) is 5.56 Å². The summed E-state index contributed by atoms with van der Waals surface area (Å²) in [6, 6.07) is 5.94. The van der Waals surface area contributed by atoms with Crippen molar-refractivity contribution < 1.29 is 17.2 Å². The van der Waals surface area contributed by atoms with E-state index in [9.17, 15) is 17.2 Å². The maximum absolute atomic E-state index is 13.5. The van der Waals surface area contributed by atoms with Crippen molar-refractivity contribution in [2.45, 2.75) is 11.8 Å². The average molecular weight is 441 g/mol. The van der Waals surface area contributed by atoms with Crippen LogP contribution in [0.25, 0.3) is 0 Å². The van der Waals surface area contributed by atoms with Crippen LogP contribution in [0.3, 0.4) is 0 Å². The monoisotopic (exact) mass is 439 g/mol. The van der Waals surface area contributed by atoms with Gasteiger partial charge in [0.2, 0.25) is 0 Å². The van der Waals surface area contributed by atoms with Crippen LogP contribution in [0.5, 0.6) is 0 Å². The third-order valence-electron chi connectivity index (χ3n) is 2.71. The Kier molecular flexibility index (Phi) is 4.69. The number of hydrogen-bond donors (Lipinski definition) is 1. The topological polar surface area (TPSA) is 46.2 Å². The van der Waals surface area contributed by atoms with Crippen LogP contribution in [-0.2, 0) is 10.0 Å². The largest absolute Gasteiger partial charge is 0.279 e. The van der Waals surface area contributed by atoms with Gasteiger partial charge < -0.3 is 0 Å². The summed E-state index contributed by atoms with van der Waals surface area (Å²) in [4.78, 5) is -0.245. The molecule has 3 nitrogen and oxygen atoms in total. The zero-order valence-electron chi connectivity index (χ0n) is 10.6. The molecule has 0 fully saturated rings. The summed E-state index contributed by atoms with van der Waals surface area (Å²) >= 11 is 5.96. The average Bonchev–Trinajstić information content (AvgIpc) is 2.39. The van der Waals surface area contributed by atoms with Crippen molar-refractivity contribution in [1.29, 1.82) is 0 Å². The lowest BCUT2D eigenvalue weighted by atomic mass is 10.2. The van der Waals surface area contributed by atoms with Gasteiger partial charge in [0, 0.05) is 0 Å². The summed E-state index contributed by atoms with van der Waals surface area (Å²) in [5, 5.41) is 0. The van der Waals surface area contributed by atoms with E-state index < -0.39 is 21.7 Å². The molecule has 1 N–H and O–H groups in total. The molecule has 0 aliphatic heterocycles. The van der Waals surface area contributed by atoms with E-state index in [2.05, 4.69) is 36.6 Å². The molecule has 0 saturated heterocycles. The van der Waals surface area contributed by atoms with Crippen molar-refractivity contribution in [2.24, 2.45) is 0 Å². The summed E-state index contributed by atoms with van der Waals surface area (Å²) < 4.78 is 54.0. The molecule has 0 spiro atoms. The zero-order chi connectivity index (χ0) is 15.8. The molecule has 0 bridgehead atoms. The van der Waals surface area contributed by atoms with E-state index in [1.165, 1.54) is 18.2 Å². The Balaban J connectivity index is 2.42. The summed E-state index contributed by atoms with van der Waals surface area (Å²) in [5.41, 5.74) is 0.628. The van der Waals surface area contributed by atoms with Gasteiger partial charge in [-0.2, -0.15) is 0 Å². The van der Waals surface area contributed by atoms with Gasteiger partial charge in [0.1, 0.15) is 11.6 Å². The Morgan fingerprint density at radius 3 is 2.24 bits per heavy atom. The molecular formula is C13H9Br2F2NO2S. The van der Waals surface area contributed by atoms with Crippen LogP contribution in [-0.4, -0.2) is 8.42 Å². The smallest absolute Gasteiger partial charge is 0.262 e. The highest BCUT2D eigenvalue weighted by atomic mass is 79.9. The van der Waals surface area contributed by atoms with Gasteiger partial charge in [0.25, 0.3) is 10.0 Å². The van der Waals surface area contributed by atoms with Crippen molar-refractivity contribution in [3.05, 3.63) is 56.5 Å². The number of nitrogens with one attached hydrogen (secondary N) is 1. The van der Waals surface area contributed by atoms with E-state index in [-0.39, 0.29) is 19.5 Å². The molecule has 0 heterocycles. The van der Waals surface area contributed by atoms with Crippen LogP contribution in [0.15, 0.2) is 44.2 Å². The van der Waals surface area contributed by atoms with Crippen molar-refractivity contribution in [2.75, 3.05) is 4.72 Å². The Morgan fingerprint density at radius 2 is 1.62 bits per heavy atom. The Morgan fingerprint density at radius 1 is 1.00 bits per heavy atom. The summed E-state index contributed by atoms with van der Waals surface area (Å²) in [5.74, 6) is -1.29. The van der Waals surface area contributed by atoms with Crippen LogP contribution in [0, 0.1) is 18.6 Å². The Bertz CT molecular complexity index is 810. The molecule has 2 aromatic carbocycles. The second kappa shape index (κ2) is 6.02. The third-order valence-corrected chi connectivity index (χ3v) is 5.33. The highest BCUT2D eigenvalue weighted by Gasteiger charge is 2.18. The molecule has 0 saturated carbocycles. The number of halogens is 4. The van der Waals surface area contributed by atoms with E-state index in [0.717, 1.165) is 12.1 Å². The standard InChI is InChI=1S/C13H9Br2F2NO2S/c1-7-4-10(15)12(17)6-13(7)18-21(19,20)8-2-3-9(14)11(16)5-8/h2-6,18H,1H3. The number of hydrogen-bond acceptors (Lipinski definition) is 2. The summed E-state index contributed by atoms with van der Waals surface area (Å²) in [6.07, 6.45) is 0. The van der Waals surface area contributed by atoms with Gasteiger partial charge in [-0.3, -0.25) is 4.72 Å². The maximum Gasteiger partial charge on any atom is 0.262 e. The molecule has 0 aromatic heterocycles. The molecule has 2 aromatic rings. The van der Waals surface area contributed by atoms with Crippen LogP contribution in [0.4, 0.5) is 14.5 Å². The lowest BCUT2D eigenvalue weighted by Gasteiger charge is -2.11. The van der Waals surface area contributed by atoms with Gasteiger partial charge in [-0.05, 0) is 74.7 Å². The lowest BCUT2D eigenvalue weighted by Crippen LogP contribution is -2.14. The highest BCUT2D eigenvalue weighted by molar-refractivity contribution is 9.10. The number of rotatable bonds is 3. The second-order valence-electron chi connectivity index (χ2n) is 4.26. The van der Waals surface area contributed by atoms with Crippen LogP contribution in [0.1, 0.15) is 5.56 Å². The van der Waals surface area contributed by atoms with Gasteiger partial charge in [-0.15, -0.1) is 0 Å². The van der Waals surface area contributed by atoms with Crippen LogP contribution >= 0.6 is 31.9 Å². The minimum Gasteiger partial charge on any atom is -0.279 e. The van der Waals surface area contributed by atoms with Crippen molar-refractivity contribution in [1.82, 2.24) is 0 Å². The first-order valence-electron chi connectivity index (χ1n) is 5.64. The predicted molar refractivity (Wildman–Crippen MR) is 83.7 cm³/mol. The molecule has 21 heavy (non-hydrogen) atoms. The zero-order valence-corrected chi connectivity index (χ0v) is 14.6. The first-order chi connectivity index (χ1) is 9.70. The molecule has 0 atom stereocenters. The van der Waals surface area contributed by atoms with E-state index in [4.69, 9.17) is 0 Å². The molecule has 0 aliphatic rings. The molecule has 8 heteroatoms. The molecule has 0 unspecified atom stereocenters. The fraction of sp³-hybridized carbons (Fsp3) is 0.0769. The fourth-order valence-corrected chi connectivity index (χ4v) is 3.44. The second-order valence-corrected chi connectivity index (χ2v) is 7.65. The van der Waals surface area contributed by atoms with E-state index >= 15 is 0 Å².